The standard InChI is InChI=1S/C22H30N4O3/c27-22(25-16-19(20-8-5-13-28-20)26-11-3-4-12-26)24-15-17-9-10-21(23-14-17)29-18-6-1-2-7-18/h5,8-10,13-14,18-19H,1-4,6-7,11-12,15-16H2,(H2,24,25,27). The predicted molar refractivity (Wildman–Crippen MR) is 110 cm³/mol. The van der Waals surface area contributed by atoms with E-state index in [1.807, 2.05) is 24.3 Å². The molecule has 0 aromatic carbocycles. The summed E-state index contributed by atoms with van der Waals surface area (Å²) in [5.41, 5.74) is 0.945. The molecule has 1 saturated carbocycles. The second-order valence-corrected chi connectivity index (χ2v) is 7.87. The smallest absolute Gasteiger partial charge is 0.315 e. The van der Waals surface area contributed by atoms with Gasteiger partial charge in [-0.3, -0.25) is 4.90 Å². The summed E-state index contributed by atoms with van der Waals surface area (Å²) < 4.78 is 11.5. The maximum absolute atomic E-state index is 12.3. The van der Waals surface area contributed by atoms with Crippen molar-refractivity contribution in [3.63, 3.8) is 0 Å². The predicted octanol–water partition coefficient (Wildman–Crippen LogP) is 3.63. The van der Waals surface area contributed by atoms with Crippen LogP contribution in [0.15, 0.2) is 41.1 Å². The van der Waals surface area contributed by atoms with E-state index >= 15 is 0 Å². The summed E-state index contributed by atoms with van der Waals surface area (Å²) in [6.07, 6.45) is 10.8. The van der Waals surface area contributed by atoms with Gasteiger partial charge in [0.15, 0.2) is 0 Å². The van der Waals surface area contributed by atoms with Crippen LogP contribution >= 0.6 is 0 Å². The molecule has 2 aliphatic rings. The van der Waals surface area contributed by atoms with Crippen molar-refractivity contribution in [2.45, 2.75) is 57.2 Å². The molecule has 2 aromatic heterocycles. The van der Waals surface area contributed by atoms with Crippen LogP contribution in [0, 0.1) is 0 Å². The van der Waals surface area contributed by atoms with Crippen LogP contribution in [0.5, 0.6) is 5.88 Å². The summed E-state index contributed by atoms with van der Waals surface area (Å²) in [6, 6.07) is 7.59. The average Bonchev–Trinajstić information content (AvgIpc) is 3.51. The third-order valence-electron chi connectivity index (χ3n) is 5.75. The van der Waals surface area contributed by atoms with Crippen LogP contribution in [-0.2, 0) is 6.54 Å². The van der Waals surface area contributed by atoms with Gasteiger partial charge < -0.3 is 19.8 Å². The van der Waals surface area contributed by atoms with Crippen LogP contribution in [0.1, 0.15) is 55.9 Å². The van der Waals surface area contributed by atoms with Gasteiger partial charge in [-0.05, 0) is 69.3 Å². The van der Waals surface area contributed by atoms with Crippen LogP contribution in [0.25, 0.3) is 0 Å². The molecule has 1 unspecified atom stereocenters. The average molecular weight is 399 g/mol. The van der Waals surface area contributed by atoms with Crippen molar-refractivity contribution in [1.82, 2.24) is 20.5 Å². The van der Waals surface area contributed by atoms with Crippen LogP contribution in [0.4, 0.5) is 4.79 Å². The molecule has 1 atom stereocenters. The molecule has 2 fully saturated rings. The number of furan rings is 1. The van der Waals surface area contributed by atoms with Gasteiger partial charge in [0.2, 0.25) is 5.88 Å². The number of nitrogens with zero attached hydrogens (tertiary/aromatic N) is 2. The lowest BCUT2D eigenvalue weighted by atomic mass is 10.2. The number of urea groups is 1. The number of hydrogen-bond acceptors (Lipinski definition) is 5. The van der Waals surface area contributed by atoms with Crippen molar-refractivity contribution in [1.29, 1.82) is 0 Å². The number of hydrogen-bond donors (Lipinski definition) is 2. The Labute approximate surface area is 171 Å². The third-order valence-corrected chi connectivity index (χ3v) is 5.75. The zero-order valence-corrected chi connectivity index (χ0v) is 16.8. The minimum absolute atomic E-state index is 0.0759. The Morgan fingerprint density at radius 3 is 2.69 bits per heavy atom. The summed E-state index contributed by atoms with van der Waals surface area (Å²) in [7, 11) is 0. The van der Waals surface area contributed by atoms with E-state index in [1.54, 1.807) is 12.5 Å². The molecule has 29 heavy (non-hydrogen) atoms. The van der Waals surface area contributed by atoms with E-state index in [4.69, 9.17) is 9.15 Å². The van der Waals surface area contributed by atoms with Crippen molar-refractivity contribution in [2.75, 3.05) is 19.6 Å². The first kappa shape index (κ1) is 19.8. The lowest BCUT2D eigenvalue weighted by molar-refractivity contribution is 0.201. The first-order valence-corrected chi connectivity index (χ1v) is 10.7. The van der Waals surface area contributed by atoms with Gasteiger partial charge in [-0.2, -0.15) is 0 Å². The van der Waals surface area contributed by atoms with E-state index in [0.29, 0.717) is 25.1 Å². The number of rotatable bonds is 8. The van der Waals surface area contributed by atoms with E-state index in [0.717, 1.165) is 37.3 Å². The van der Waals surface area contributed by atoms with Gasteiger partial charge in [-0.15, -0.1) is 0 Å². The van der Waals surface area contributed by atoms with Crippen LogP contribution in [-0.4, -0.2) is 41.7 Å². The van der Waals surface area contributed by atoms with E-state index in [1.165, 1.54) is 25.7 Å². The van der Waals surface area contributed by atoms with Crippen molar-refractivity contribution < 1.29 is 13.9 Å². The maximum atomic E-state index is 12.3. The summed E-state index contributed by atoms with van der Waals surface area (Å²) in [5.74, 6) is 1.56. The number of pyridine rings is 1. The Balaban J connectivity index is 1.22. The molecule has 156 valence electrons. The highest BCUT2D eigenvalue weighted by Gasteiger charge is 2.25. The normalized spacial score (nSPS) is 18.6. The van der Waals surface area contributed by atoms with E-state index in [-0.39, 0.29) is 12.1 Å². The highest BCUT2D eigenvalue weighted by Crippen LogP contribution is 2.25. The molecule has 0 spiro atoms. The second kappa shape index (κ2) is 9.78. The molecule has 0 radical (unpaired) electrons. The first-order valence-electron chi connectivity index (χ1n) is 10.7. The van der Waals surface area contributed by atoms with Crippen LogP contribution in [0.2, 0.25) is 0 Å². The molecule has 2 aromatic rings. The van der Waals surface area contributed by atoms with Crippen LogP contribution < -0.4 is 15.4 Å². The van der Waals surface area contributed by atoms with Crippen molar-refractivity contribution in [3.8, 4) is 5.88 Å². The fraction of sp³-hybridized carbons (Fsp3) is 0.545. The number of nitrogens with one attached hydrogen (secondary N) is 2. The molecule has 7 nitrogen and oxygen atoms in total. The fourth-order valence-electron chi connectivity index (χ4n) is 4.14. The largest absolute Gasteiger partial charge is 0.474 e. The molecule has 1 saturated heterocycles. The Morgan fingerprint density at radius 2 is 2.00 bits per heavy atom. The molecule has 1 aliphatic heterocycles. The Bertz CT molecular complexity index is 751. The van der Waals surface area contributed by atoms with Crippen molar-refractivity contribution >= 4 is 6.03 Å². The Kier molecular flexibility index (Phi) is 6.67. The summed E-state index contributed by atoms with van der Waals surface area (Å²) in [4.78, 5) is 19.0. The number of aromatic nitrogens is 1. The molecule has 4 rings (SSSR count). The van der Waals surface area contributed by atoms with Gasteiger partial charge in [0.25, 0.3) is 0 Å². The summed E-state index contributed by atoms with van der Waals surface area (Å²) in [5, 5.41) is 5.88. The number of carbonyl (C=O) groups excluding carboxylic acids is 1. The van der Waals surface area contributed by atoms with Gasteiger partial charge in [0, 0.05) is 25.4 Å². The highest BCUT2D eigenvalue weighted by molar-refractivity contribution is 5.73. The SMILES string of the molecule is O=C(NCc1ccc(OC2CCCC2)nc1)NCC(c1ccco1)N1CCCC1. The van der Waals surface area contributed by atoms with E-state index in [9.17, 15) is 4.79 Å². The van der Waals surface area contributed by atoms with Gasteiger partial charge >= 0.3 is 6.03 Å². The molecule has 3 heterocycles. The highest BCUT2D eigenvalue weighted by atomic mass is 16.5. The number of carbonyl (C=O) groups is 1. The van der Waals surface area contributed by atoms with Crippen molar-refractivity contribution in [3.05, 3.63) is 48.0 Å². The lowest BCUT2D eigenvalue weighted by Gasteiger charge is -2.26. The van der Waals surface area contributed by atoms with E-state index in [2.05, 4.69) is 20.5 Å². The number of likely N-dealkylation sites (tertiary alicyclic amines) is 1. The lowest BCUT2D eigenvalue weighted by Crippen LogP contribution is -2.41. The van der Waals surface area contributed by atoms with Gasteiger partial charge in [0.05, 0.1) is 12.3 Å². The fourth-order valence-corrected chi connectivity index (χ4v) is 4.14. The Morgan fingerprint density at radius 1 is 1.17 bits per heavy atom. The van der Waals surface area contributed by atoms with Gasteiger partial charge in [0.1, 0.15) is 11.9 Å². The number of amides is 2. The van der Waals surface area contributed by atoms with E-state index < -0.39 is 0 Å². The van der Waals surface area contributed by atoms with Crippen molar-refractivity contribution in [2.24, 2.45) is 0 Å². The molecular formula is C22H30N4O3. The summed E-state index contributed by atoms with van der Waals surface area (Å²) in [6.45, 7) is 3.02. The summed E-state index contributed by atoms with van der Waals surface area (Å²) >= 11 is 0. The Hall–Kier alpha value is -2.54. The molecule has 1 aliphatic carbocycles. The zero-order chi connectivity index (χ0) is 19.9. The van der Waals surface area contributed by atoms with Crippen LogP contribution in [0.3, 0.4) is 0 Å². The molecule has 2 N–H and O–H groups in total. The monoisotopic (exact) mass is 398 g/mol. The number of ether oxygens (including phenoxy) is 1. The maximum Gasteiger partial charge on any atom is 0.315 e. The molecular weight excluding hydrogens is 368 g/mol. The minimum Gasteiger partial charge on any atom is -0.474 e. The molecule has 2 amide bonds. The second-order valence-electron chi connectivity index (χ2n) is 7.87. The third kappa shape index (κ3) is 5.50. The first-order chi connectivity index (χ1) is 14.3. The minimum atomic E-state index is -0.188. The van der Waals surface area contributed by atoms with Gasteiger partial charge in [-0.25, -0.2) is 9.78 Å². The van der Waals surface area contributed by atoms with Gasteiger partial charge in [-0.1, -0.05) is 6.07 Å². The molecule has 7 heteroatoms. The topological polar surface area (TPSA) is 79.6 Å². The quantitative estimate of drug-likeness (QED) is 0.710. The molecule has 0 bridgehead atoms. The zero-order valence-electron chi connectivity index (χ0n) is 16.8.